The Morgan fingerprint density at radius 1 is 1.09 bits per heavy atom. The summed E-state index contributed by atoms with van der Waals surface area (Å²) in [5, 5.41) is 7.21. The second-order valence-corrected chi connectivity index (χ2v) is 6.48. The predicted octanol–water partition coefficient (Wildman–Crippen LogP) is 2.82. The number of hydrogen-bond donors (Lipinski definition) is 1. The average Bonchev–Trinajstić information content (AvgIpc) is 3.11. The molecule has 114 valence electrons. The van der Waals surface area contributed by atoms with Crippen LogP contribution in [-0.2, 0) is 0 Å². The van der Waals surface area contributed by atoms with Crippen molar-refractivity contribution < 1.29 is 0 Å². The Morgan fingerprint density at radius 2 is 1.91 bits per heavy atom. The molecule has 0 saturated carbocycles. The first kappa shape index (κ1) is 13.5. The quantitative estimate of drug-likeness (QED) is 0.787. The van der Waals surface area contributed by atoms with E-state index in [9.17, 15) is 0 Å². The van der Waals surface area contributed by atoms with Crippen molar-refractivity contribution in [1.29, 1.82) is 0 Å². The molecule has 0 aliphatic carbocycles. The summed E-state index contributed by atoms with van der Waals surface area (Å²) in [6.45, 7) is 2.17. The van der Waals surface area contributed by atoms with Gasteiger partial charge in [-0.2, -0.15) is 4.52 Å². The molecular weight excluding hydrogens is 296 g/mol. The van der Waals surface area contributed by atoms with Crippen LogP contribution in [0.3, 0.4) is 0 Å². The van der Waals surface area contributed by atoms with Gasteiger partial charge in [0.1, 0.15) is 5.82 Å². The van der Waals surface area contributed by atoms with Crippen LogP contribution in [0.25, 0.3) is 16.5 Å². The Labute approximate surface area is 132 Å². The fourth-order valence-corrected chi connectivity index (χ4v) is 3.49. The van der Waals surface area contributed by atoms with Gasteiger partial charge < -0.3 is 10.6 Å². The highest BCUT2D eigenvalue weighted by molar-refractivity contribution is 7.13. The molecule has 0 radical (unpaired) electrons. The molecule has 0 amide bonds. The van der Waals surface area contributed by atoms with E-state index in [0.717, 1.165) is 29.4 Å². The number of anilines is 2. The Balaban J connectivity index is 1.75. The van der Waals surface area contributed by atoms with Crippen LogP contribution < -0.4 is 10.6 Å². The van der Waals surface area contributed by atoms with E-state index in [1.165, 1.54) is 37.0 Å². The van der Waals surface area contributed by atoms with Crippen molar-refractivity contribution in [2.45, 2.75) is 25.7 Å². The van der Waals surface area contributed by atoms with Gasteiger partial charge in [0.2, 0.25) is 5.82 Å². The van der Waals surface area contributed by atoms with Crippen molar-refractivity contribution in [3.63, 3.8) is 0 Å². The van der Waals surface area contributed by atoms with Crippen LogP contribution in [0.1, 0.15) is 25.7 Å². The standard InChI is InChI=1S/C15H18N6S/c16-12-9-11(20-6-3-1-2-4-7-20)10-13-18-14(19-21(12)13)15-17-5-8-22-15/h5,8-10H,1-4,6-7,16H2. The van der Waals surface area contributed by atoms with Crippen LogP contribution in [0, 0.1) is 0 Å². The van der Waals surface area contributed by atoms with Gasteiger partial charge in [-0.3, -0.25) is 0 Å². The second kappa shape index (κ2) is 5.57. The van der Waals surface area contributed by atoms with E-state index in [1.807, 2.05) is 11.4 Å². The van der Waals surface area contributed by atoms with Crippen LogP contribution in [0.5, 0.6) is 0 Å². The summed E-state index contributed by atoms with van der Waals surface area (Å²) in [5.41, 5.74) is 8.11. The van der Waals surface area contributed by atoms with Gasteiger partial charge in [0.05, 0.1) is 0 Å². The van der Waals surface area contributed by atoms with Crippen LogP contribution >= 0.6 is 11.3 Å². The zero-order valence-corrected chi connectivity index (χ0v) is 13.1. The number of aromatic nitrogens is 4. The monoisotopic (exact) mass is 314 g/mol. The summed E-state index contributed by atoms with van der Waals surface area (Å²) < 4.78 is 1.69. The predicted molar refractivity (Wildman–Crippen MR) is 89.2 cm³/mol. The summed E-state index contributed by atoms with van der Waals surface area (Å²) in [4.78, 5) is 11.3. The van der Waals surface area contributed by atoms with Crippen LogP contribution in [0.4, 0.5) is 11.5 Å². The van der Waals surface area contributed by atoms with E-state index >= 15 is 0 Å². The maximum absolute atomic E-state index is 6.19. The Kier molecular flexibility index (Phi) is 3.42. The van der Waals surface area contributed by atoms with Crippen LogP contribution in [0.2, 0.25) is 0 Å². The highest BCUT2D eigenvalue weighted by Gasteiger charge is 2.15. The molecule has 7 heteroatoms. The van der Waals surface area contributed by atoms with Crippen LogP contribution in [-0.4, -0.2) is 32.7 Å². The molecule has 1 fully saturated rings. The smallest absolute Gasteiger partial charge is 0.211 e. The Morgan fingerprint density at radius 3 is 2.64 bits per heavy atom. The zero-order chi connectivity index (χ0) is 14.9. The van der Waals surface area contributed by atoms with Gasteiger partial charge in [0.25, 0.3) is 0 Å². The lowest BCUT2D eigenvalue weighted by Gasteiger charge is -2.22. The number of thiazole rings is 1. The Bertz CT molecular complexity index is 771. The van der Waals surface area contributed by atoms with Gasteiger partial charge in [-0.05, 0) is 12.8 Å². The molecule has 2 N–H and O–H groups in total. The number of nitrogens with zero attached hydrogens (tertiary/aromatic N) is 5. The van der Waals surface area contributed by atoms with Crippen molar-refractivity contribution in [3.05, 3.63) is 23.7 Å². The normalized spacial score (nSPS) is 16.1. The van der Waals surface area contributed by atoms with Crippen molar-refractivity contribution in [2.24, 2.45) is 0 Å². The van der Waals surface area contributed by atoms with Gasteiger partial charge in [-0.1, -0.05) is 12.8 Å². The van der Waals surface area contributed by atoms with E-state index in [0.29, 0.717) is 11.6 Å². The van der Waals surface area contributed by atoms with E-state index in [1.54, 1.807) is 10.7 Å². The minimum atomic E-state index is 0.618. The van der Waals surface area contributed by atoms with Crippen molar-refractivity contribution in [1.82, 2.24) is 19.6 Å². The second-order valence-electron chi connectivity index (χ2n) is 5.58. The van der Waals surface area contributed by atoms with Gasteiger partial charge in [0, 0.05) is 42.5 Å². The summed E-state index contributed by atoms with van der Waals surface area (Å²) >= 11 is 1.53. The first-order valence-electron chi connectivity index (χ1n) is 7.62. The minimum Gasteiger partial charge on any atom is -0.384 e. The maximum Gasteiger partial charge on any atom is 0.211 e. The fourth-order valence-electron chi connectivity index (χ4n) is 2.93. The summed E-state index contributed by atoms with van der Waals surface area (Å²) in [7, 11) is 0. The fraction of sp³-hybridized carbons (Fsp3) is 0.400. The van der Waals surface area contributed by atoms with E-state index in [-0.39, 0.29) is 0 Å². The minimum absolute atomic E-state index is 0.618. The molecule has 22 heavy (non-hydrogen) atoms. The first-order chi connectivity index (χ1) is 10.8. The molecule has 0 atom stereocenters. The molecule has 3 aromatic heterocycles. The maximum atomic E-state index is 6.19. The third kappa shape index (κ3) is 2.41. The van der Waals surface area contributed by atoms with Crippen molar-refractivity contribution in [2.75, 3.05) is 23.7 Å². The molecule has 6 nitrogen and oxygen atoms in total. The van der Waals surface area contributed by atoms with Gasteiger partial charge in [-0.15, -0.1) is 16.4 Å². The molecule has 4 rings (SSSR count). The van der Waals surface area contributed by atoms with Crippen molar-refractivity contribution >= 4 is 28.5 Å². The van der Waals surface area contributed by atoms with Gasteiger partial charge >= 0.3 is 0 Å². The summed E-state index contributed by atoms with van der Waals surface area (Å²) in [5.74, 6) is 1.25. The third-order valence-electron chi connectivity index (χ3n) is 4.04. The molecule has 0 aromatic carbocycles. The van der Waals surface area contributed by atoms with Gasteiger partial charge in [-0.25, -0.2) is 9.97 Å². The lowest BCUT2D eigenvalue weighted by molar-refractivity contribution is 0.726. The number of pyridine rings is 1. The SMILES string of the molecule is Nc1cc(N2CCCCCC2)cc2nc(-c3nccs3)nn12. The van der Waals surface area contributed by atoms with Gasteiger partial charge in [0.15, 0.2) is 10.7 Å². The topological polar surface area (TPSA) is 72.3 Å². The number of nitrogens with two attached hydrogens (primary N) is 1. The lowest BCUT2D eigenvalue weighted by atomic mass is 10.2. The highest BCUT2D eigenvalue weighted by atomic mass is 32.1. The number of fused-ring (bicyclic) bond motifs is 1. The van der Waals surface area contributed by atoms with E-state index < -0.39 is 0 Å². The molecule has 1 saturated heterocycles. The first-order valence-corrected chi connectivity index (χ1v) is 8.50. The molecule has 0 bridgehead atoms. The number of nitrogen functional groups attached to an aromatic ring is 1. The molecule has 1 aliphatic heterocycles. The number of hydrogen-bond acceptors (Lipinski definition) is 6. The highest BCUT2D eigenvalue weighted by Crippen LogP contribution is 2.26. The number of rotatable bonds is 2. The average molecular weight is 314 g/mol. The van der Waals surface area contributed by atoms with Crippen molar-refractivity contribution in [3.8, 4) is 10.8 Å². The largest absolute Gasteiger partial charge is 0.384 e. The molecule has 3 aromatic rings. The third-order valence-corrected chi connectivity index (χ3v) is 4.81. The zero-order valence-electron chi connectivity index (χ0n) is 12.3. The molecule has 0 spiro atoms. The summed E-state index contributed by atoms with van der Waals surface area (Å²) in [6, 6.07) is 4.07. The lowest BCUT2D eigenvalue weighted by Crippen LogP contribution is -2.24. The molecule has 1 aliphatic rings. The summed E-state index contributed by atoms with van der Waals surface area (Å²) in [6.07, 6.45) is 6.86. The molecule has 4 heterocycles. The molecular formula is C15H18N6S. The Hall–Kier alpha value is -2.15. The van der Waals surface area contributed by atoms with Crippen LogP contribution in [0.15, 0.2) is 23.7 Å². The van der Waals surface area contributed by atoms with E-state index in [2.05, 4.69) is 26.0 Å². The molecule has 0 unspecified atom stereocenters. The van der Waals surface area contributed by atoms with E-state index in [4.69, 9.17) is 5.73 Å².